The number of piperazine rings is 1. The summed E-state index contributed by atoms with van der Waals surface area (Å²) in [7, 11) is 0. The van der Waals surface area contributed by atoms with Gasteiger partial charge < -0.3 is 10.2 Å². The fraction of sp³-hybridized carbons (Fsp3) is 0.652. The number of nitrogens with one attached hydrogen (secondary N) is 1. The summed E-state index contributed by atoms with van der Waals surface area (Å²) < 4.78 is 0. The van der Waals surface area contributed by atoms with Gasteiger partial charge in [0.2, 0.25) is 11.8 Å². The summed E-state index contributed by atoms with van der Waals surface area (Å²) in [5.41, 5.74) is 1.25. The quantitative estimate of drug-likeness (QED) is 0.785. The molecular formula is C23H35N3O2. The van der Waals surface area contributed by atoms with Crippen LogP contribution in [0.2, 0.25) is 0 Å². The molecule has 1 N–H and O–H groups in total. The van der Waals surface area contributed by atoms with E-state index in [2.05, 4.69) is 22.3 Å². The molecule has 1 aliphatic heterocycles. The number of hydrogen-bond donors (Lipinski definition) is 1. The van der Waals surface area contributed by atoms with Crippen LogP contribution in [0.5, 0.6) is 0 Å². The van der Waals surface area contributed by atoms with E-state index in [1.54, 1.807) is 0 Å². The van der Waals surface area contributed by atoms with E-state index in [-0.39, 0.29) is 23.8 Å². The van der Waals surface area contributed by atoms with Crippen molar-refractivity contribution in [3.05, 3.63) is 35.9 Å². The Morgan fingerprint density at radius 1 is 1.04 bits per heavy atom. The zero-order chi connectivity index (χ0) is 19.9. The van der Waals surface area contributed by atoms with Crippen molar-refractivity contribution in [2.45, 2.75) is 52.0 Å². The van der Waals surface area contributed by atoms with E-state index < -0.39 is 0 Å². The highest BCUT2D eigenvalue weighted by Crippen LogP contribution is 2.31. The van der Waals surface area contributed by atoms with Crippen molar-refractivity contribution in [3.8, 4) is 0 Å². The summed E-state index contributed by atoms with van der Waals surface area (Å²) in [6.45, 7) is 7.65. The molecule has 0 radical (unpaired) electrons. The Labute approximate surface area is 169 Å². The van der Waals surface area contributed by atoms with E-state index in [0.29, 0.717) is 12.5 Å². The topological polar surface area (TPSA) is 52.7 Å². The molecule has 154 valence electrons. The molecule has 5 heteroatoms. The van der Waals surface area contributed by atoms with Crippen molar-refractivity contribution in [1.82, 2.24) is 15.1 Å². The van der Waals surface area contributed by atoms with E-state index in [4.69, 9.17) is 0 Å². The van der Waals surface area contributed by atoms with Gasteiger partial charge in [-0.25, -0.2) is 0 Å². The Bertz CT molecular complexity index is 633. The maximum Gasteiger partial charge on any atom is 0.237 e. The predicted octanol–water partition coefficient (Wildman–Crippen LogP) is 2.70. The summed E-state index contributed by atoms with van der Waals surface area (Å²) in [5.74, 6) is 0.887. The lowest BCUT2D eigenvalue weighted by Gasteiger charge is -2.41. The average molecular weight is 386 g/mol. The first-order valence-electron chi connectivity index (χ1n) is 10.9. The lowest BCUT2D eigenvalue weighted by Crippen LogP contribution is -2.58. The minimum Gasteiger partial charge on any atom is -0.354 e. The number of nitrogens with zero attached hydrogens (tertiary/aromatic N) is 2. The maximum absolute atomic E-state index is 13.1. The molecule has 1 atom stereocenters. The molecule has 28 heavy (non-hydrogen) atoms. The van der Waals surface area contributed by atoms with Gasteiger partial charge in [0, 0.05) is 38.6 Å². The first kappa shape index (κ1) is 20.8. The van der Waals surface area contributed by atoms with E-state index >= 15 is 0 Å². The number of carbonyl (C=O) groups excluding carboxylic acids is 2. The lowest BCUT2D eigenvalue weighted by molar-refractivity contribution is -0.138. The fourth-order valence-electron chi connectivity index (χ4n) is 4.62. The van der Waals surface area contributed by atoms with Crippen LogP contribution >= 0.6 is 0 Å². The summed E-state index contributed by atoms with van der Waals surface area (Å²) in [6.07, 6.45) is 5.60. The van der Waals surface area contributed by atoms with Gasteiger partial charge in [-0.1, -0.05) is 57.0 Å². The van der Waals surface area contributed by atoms with Gasteiger partial charge in [0.25, 0.3) is 0 Å². The smallest absolute Gasteiger partial charge is 0.237 e. The molecule has 0 aromatic heterocycles. The molecule has 1 aromatic carbocycles. The summed E-state index contributed by atoms with van der Waals surface area (Å²) in [6, 6.07) is 10.3. The molecule has 0 spiro atoms. The van der Waals surface area contributed by atoms with Crippen molar-refractivity contribution >= 4 is 11.8 Å². The van der Waals surface area contributed by atoms with Gasteiger partial charge in [-0.15, -0.1) is 0 Å². The first-order chi connectivity index (χ1) is 13.6. The summed E-state index contributed by atoms with van der Waals surface area (Å²) >= 11 is 0. The third kappa shape index (κ3) is 5.34. The van der Waals surface area contributed by atoms with Crippen LogP contribution < -0.4 is 5.32 Å². The van der Waals surface area contributed by atoms with Gasteiger partial charge in [0.05, 0.1) is 6.04 Å². The van der Waals surface area contributed by atoms with Crippen LogP contribution in [0.3, 0.4) is 0 Å². The van der Waals surface area contributed by atoms with Gasteiger partial charge in [-0.05, 0) is 30.7 Å². The van der Waals surface area contributed by atoms with Crippen molar-refractivity contribution in [2.24, 2.45) is 11.8 Å². The second kappa shape index (κ2) is 10.1. The molecule has 1 saturated heterocycles. The van der Waals surface area contributed by atoms with E-state index in [1.165, 1.54) is 18.4 Å². The average Bonchev–Trinajstić information content (AvgIpc) is 3.23. The predicted molar refractivity (Wildman–Crippen MR) is 112 cm³/mol. The van der Waals surface area contributed by atoms with Crippen molar-refractivity contribution < 1.29 is 9.59 Å². The zero-order valence-electron chi connectivity index (χ0n) is 17.4. The Morgan fingerprint density at radius 2 is 1.68 bits per heavy atom. The minimum atomic E-state index is -0.0467. The molecule has 5 nitrogen and oxygen atoms in total. The molecule has 2 amide bonds. The fourth-order valence-corrected chi connectivity index (χ4v) is 4.62. The summed E-state index contributed by atoms with van der Waals surface area (Å²) in [4.78, 5) is 29.7. The van der Waals surface area contributed by atoms with Gasteiger partial charge in [0.15, 0.2) is 0 Å². The van der Waals surface area contributed by atoms with Crippen LogP contribution in [0.1, 0.15) is 45.1 Å². The van der Waals surface area contributed by atoms with Crippen molar-refractivity contribution in [2.75, 3.05) is 32.7 Å². The molecule has 3 rings (SSSR count). The maximum atomic E-state index is 13.1. The van der Waals surface area contributed by atoms with Crippen LogP contribution in [-0.2, 0) is 16.0 Å². The molecule has 1 aromatic rings. The molecule has 1 aliphatic carbocycles. The molecule has 1 saturated carbocycles. The second-order valence-electron chi connectivity index (χ2n) is 8.53. The van der Waals surface area contributed by atoms with E-state index in [9.17, 15) is 9.59 Å². The van der Waals surface area contributed by atoms with Crippen molar-refractivity contribution in [3.63, 3.8) is 0 Å². The third-order valence-corrected chi connectivity index (χ3v) is 6.18. The van der Waals surface area contributed by atoms with Crippen LogP contribution in [0, 0.1) is 11.8 Å². The highest BCUT2D eigenvalue weighted by Gasteiger charge is 2.37. The van der Waals surface area contributed by atoms with Crippen LogP contribution in [0.4, 0.5) is 0 Å². The standard InChI is InChI=1S/C23H35N3O2/c1-18(2)23(28)26-16-14-25(15-17-26)21(20-10-6-7-11-20)22(27)24-13-12-19-8-4-3-5-9-19/h3-5,8-9,18,20-21H,6-7,10-17H2,1-2H3,(H,24,27)/t21-/m1/s1. The van der Waals surface area contributed by atoms with Crippen LogP contribution in [0.15, 0.2) is 30.3 Å². The molecule has 2 fully saturated rings. The van der Waals surface area contributed by atoms with Crippen LogP contribution in [-0.4, -0.2) is 60.4 Å². The number of rotatable bonds is 7. The summed E-state index contributed by atoms with van der Waals surface area (Å²) in [5, 5.41) is 3.20. The Morgan fingerprint density at radius 3 is 2.29 bits per heavy atom. The highest BCUT2D eigenvalue weighted by molar-refractivity contribution is 5.82. The number of amides is 2. The SMILES string of the molecule is CC(C)C(=O)N1CCN([C@@H](C(=O)NCCc2ccccc2)C2CCCC2)CC1. The first-order valence-corrected chi connectivity index (χ1v) is 10.9. The second-order valence-corrected chi connectivity index (χ2v) is 8.53. The highest BCUT2D eigenvalue weighted by atomic mass is 16.2. The molecule has 2 aliphatic rings. The van der Waals surface area contributed by atoms with Gasteiger partial charge in [-0.2, -0.15) is 0 Å². The zero-order valence-corrected chi connectivity index (χ0v) is 17.4. The van der Waals surface area contributed by atoms with E-state index in [0.717, 1.165) is 45.4 Å². The van der Waals surface area contributed by atoms with Gasteiger partial charge in [0.1, 0.15) is 0 Å². The largest absolute Gasteiger partial charge is 0.354 e. The molecule has 0 unspecified atom stereocenters. The third-order valence-electron chi connectivity index (χ3n) is 6.18. The van der Waals surface area contributed by atoms with Crippen molar-refractivity contribution in [1.29, 1.82) is 0 Å². The Kier molecular flexibility index (Phi) is 7.49. The van der Waals surface area contributed by atoms with Crippen LogP contribution in [0.25, 0.3) is 0 Å². The normalized spacial score (nSPS) is 19.8. The van der Waals surface area contributed by atoms with Gasteiger partial charge in [-0.3, -0.25) is 14.5 Å². The Balaban J connectivity index is 1.56. The molecule has 0 bridgehead atoms. The molecule has 1 heterocycles. The monoisotopic (exact) mass is 385 g/mol. The number of carbonyl (C=O) groups is 2. The lowest BCUT2D eigenvalue weighted by atomic mass is 9.94. The molecular weight excluding hydrogens is 350 g/mol. The minimum absolute atomic E-state index is 0.0402. The Hall–Kier alpha value is -1.88. The van der Waals surface area contributed by atoms with E-state index in [1.807, 2.05) is 36.9 Å². The number of benzene rings is 1. The number of hydrogen-bond acceptors (Lipinski definition) is 3. The van der Waals surface area contributed by atoms with Gasteiger partial charge >= 0.3 is 0 Å².